The first-order valence-corrected chi connectivity index (χ1v) is 11.3. The van der Waals surface area contributed by atoms with Crippen molar-refractivity contribution in [2.24, 2.45) is 10.9 Å². The van der Waals surface area contributed by atoms with Gasteiger partial charge in [0.15, 0.2) is 17.4 Å². The summed E-state index contributed by atoms with van der Waals surface area (Å²) >= 11 is 1.85. The molecule has 7 nitrogen and oxygen atoms in total. The number of hydrogen-bond acceptors (Lipinski definition) is 5. The van der Waals surface area contributed by atoms with Crippen molar-refractivity contribution in [3.8, 4) is 0 Å². The third-order valence-corrected chi connectivity index (χ3v) is 6.09. The Balaban J connectivity index is 0.00000256. The number of pyridine rings is 1. The van der Waals surface area contributed by atoms with E-state index >= 15 is 0 Å². The highest BCUT2D eigenvalue weighted by Crippen LogP contribution is 2.20. The van der Waals surface area contributed by atoms with E-state index in [1.165, 1.54) is 24.3 Å². The van der Waals surface area contributed by atoms with E-state index in [1.54, 1.807) is 0 Å². The largest absolute Gasteiger partial charge is 0.357 e. The van der Waals surface area contributed by atoms with Crippen molar-refractivity contribution in [2.75, 3.05) is 26.2 Å². The Kier molecular flexibility index (Phi) is 8.88. The summed E-state index contributed by atoms with van der Waals surface area (Å²) in [6.07, 6.45) is 4.50. The Morgan fingerprint density at radius 2 is 2.17 bits per heavy atom. The van der Waals surface area contributed by atoms with Gasteiger partial charge in [0.25, 0.3) is 0 Å². The number of rotatable bonds is 7. The lowest BCUT2D eigenvalue weighted by Gasteiger charge is -2.32. The quantitative estimate of drug-likeness (QED) is 0.274. The van der Waals surface area contributed by atoms with Crippen LogP contribution in [0.2, 0.25) is 0 Å². The first kappa shape index (κ1) is 23.0. The van der Waals surface area contributed by atoms with Gasteiger partial charge in [0.05, 0.1) is 0 Å². The average Bonchev–Trinajstić information content (AvgIpc) is 3.40. The van der Waals surface area contributed by atoms with Crippen LogP contribution in [0.1, 0.15) is 30.5 Å². The molecule has 1 atom stereocenters. The van der Waals surface area contributed by atoms with Gasteiger partial charge in [-0.3, -0.25) is 9.30 Å². The van der Waals surface area contributed by atoms with Crippen LogP contribution in [0.25, 0.3) is 5.65 Å². The van der Waals surface area contributed by atoms with Crippen LogP contribution in [0, 0.1) is 5.92 Å². The van der Waals surface area contributed by atoms with Crippen molar-refractivity contribution in [1.82, 2.24) is 30.1 Å². The van der Waals surface area contributed by atoms with Crippen molar-refractivity contribution in [2.45, 2.75) is 32.9 Å². The third kappa shape index (κ3) is 6.14. The Hall–Kier alpha value is -1.72. The average molecular weight is 539 g/mol. The molecule has 2 N–H and O–H groups in total. The lowest BCUT2D eigenvalue weighted by atomic mass is 9.98. The van der Waals surface area contributed by atoms with Crippen molar-refractivity contribution in [3.05, 3.63) is 52.6 Å². The second-order valence-corrected chi connectivity index (χ2v) is 8.48. The fraction of sp³-hybridized carbons (Fsp3) is 0.476. The van der Waals surface area contributed by atoms with Gasteiger partial charge in [0, 0.05) is 37.3 Å². The van der Waals surface area contributed by atoms with Gasteiger partial charge in [-0.05, 0) is 55.8 Å². The number of nitrogens with zero attached hydrogens (tertiary/aromatic N) is 5. The lowest BCUT2D eigenvalue weighted by molar-refractivity contribution is 0.169. The molecule has 9 heteroatoms. The van der Waals surface area contributed by atoms with Crippen LogP contribution < -0.4 is 10.6 Å². The standard InChI is InChI=1S/C21H29N7S.HI/c1-2-22-21(24-14-20-26-25-19-9-3-4-11-28(19)20)23-13-17-7-5-10-27(15-17)16-18-8-6-12-29-18;/h3-4,6,8-9,11-12,17H,2,5,7,10,13-16H2,1H3,(H2,22,23,24);1H. The summed E-state index contributed by atoms with van der Waals surface area (Å²) in [4.78, 5) is 8.76. The van der Waals surface area contributed by atoms with Crippen molar-refractivity contribution < 1.29 is 0 Å². The monoisotopic (exact) mass is 539 g/mol. The van der Waals surface area contributed by atoms with Crippen LogP contribution in [-0.2, 0) is 13.1 Å². The number of piperidine rings is 1. The number of fused-ring (bicyclic) bond motifs is 1. The molecule has 4 rings (SSSR count). The topological polar surface area (TPSA) is 69.8 Å². The summed E-state index contributed by atoms with van der Waals surface area (Å²) in [5.41, 5.74) is 0.851. The summed E-state index contributed by atoms with van der Waals surface area (Å²) in [7, 11) is 0. The molecule has 0 bridgehead atoms. The summed E-state index contributed by atoms with van der Waals surface area (Å²) in [6, 6.07) is 10.3. The number of likely N-dealkylation sites (tertiary alicyclic amines) is 1. The first-order valence-electron chi connectivity index (χ1n) is 10.4. The molecule has 30 heavy (non-hydrogen) atoms. The van der Waals surface area contributed by atoms with Crippen LogP contribution in [0.4, 0.5) is 0 Å². The molecule has 3 aromatic rings. The Bertz CT molecular complexity index is 924. The van der Waals surface area contributed by atoms with Gasteiger partial charge < -0.3 is 10.6 Å². The second kappa shape index (κ2) is 11.6. The molecule has 0 saturated carbocycles. The first-order chi connectivity index (χ1) is 14.3. The second-order valence-electron chi connectivity index (χ2n) is 7.44. The molecule has 162 valence electrons. The van der Waals surface area contributed by atoms with E-state index in [-0.39, 0.29) is 24.0 Å². The molecule has 1 aliphatic rings. The highest BCUT2D eigenvalue weighted by atomic mass is 127. The fourth-order valence-corrected chi connectivity index (χ4v) is 4.56. The molecule has 3 aromatic heterocycles. The van der Waals surface area contributed by atoms with E-state index in [9.17, 15) is 0 Å². The minimum Gasteiger partial charge on any atom is -0.357 e. The van der Waals surface area contributed by atoms with Gasteiger partial charge in [0.1, 0.15) is 6.54 Å². The lowest BCUT2D eigenvalue weighted by Crippen LogP contribution is -2.44. The van der Waals surface area contributed by atoms with E-state index in [4.69, 9.17) is 4.99 Å². The number of aromatic nitrogens is 3. The maximum absolute atomic E-state index is 4.73. The minimum atomic E-state index is 0. The summed E-state index contributed by atoms with van der Waals surface area (Å²) in [6.45, 7) is 7.77. The SMILES string of the molecule is CCNC(=NCc1nnc2ccccn12)NCC1CCCN(Cc2cccs2)C1.I. The third-order valence-electron chi connectivity index (χ3n) is 5.23. The molecule has 1 fully saturated rings. The number of aliphatic imine (C=N–C) groups is 1. The van der Waals surface area contributed by atoms with E-state index in [2.05, 4.69) is 50.2 Å². The molecule has 4 heterocycles. The van der Waals surface area contributed by atoms with E-state index in [1.807, 2.05) is 40.1 Å². The zero-order valence-corrected chi connectivity index (χ0v) is 20.5. The van der Waals surface area contributed by atoms with Crippen LogP contribution >= 0.6 is 35.3 Å². The van der Waals surface area contributed by atoms with Gasteiger partial charge in [-0.1, -0.05) is 12.1 Å². The van der Waals surface area contributed by atoms with Crippen LogP contribution in [-0.4, -0.2) is 51.6 Å². The van der Waals surface area contributed by atoms with E-state index in [0.29, 0.717) is 12.5 Å². The van der Waals surface area contributed by atoms with Crippen molar-refractivity contribution >= 4 is 46.9 Å². The van der Waals surface area contributed by atoms with E-state index < -0.39 is 0 Å². The molecular weight excluding hydrogens is 509 g/mol. The maximum Gasteiger partial charge on any atom is 0.191 e. The molecule has 0 aliphatic carbocycles. The fourth-order valence-electron chi connectivity index (χ4n) is 3.82. The van der Waals surface area contributed by atoms with Crippen molar-refractivity contribution in [1.29, 1.82) is 0 Å². The van der Waals surface area contributed by atoms with Gasteiger partial charge >= 0.3 is 0 Å². The van der Waals surface area contributed by atoms with Crippen LogP contribution in [0.15, 0.2) is 46.9 Å². The highest BCUT2D eigenvalue weighted by Gasteiger charge is 2.20. The number of halogens is 1. The summed E-state index contributed by atoms with van der Waals surface area (Å²) in [5, 5.41) is 17.5. The molecule has 1 aliphatic heterocycles. The number of guanidine groups is 1. The molecule has 0 amide bonds. The Labute approximate surface area is 199 Å². The minimum absolute atomic E-state index is 0. The predicted octanol–water partition coefficient (Wildman–Crippen LogP) is 3.38. The number of thiophene rings is 1. The zero-order valence-electron chi connectivity index (χ0n) is 17.3. The zero-order chi connectivity index (χ0) is 19.9. The maximum atomic E-state index is 4.73. The number of hydrogen-bond donors (Lipinski definition) is 2. The summed E-state index contributed by atoms with van der Waals surface area (Å²) < 4.78 is 1.98. The van der Waals surface area contributed by atoms with Gasteiger partial charge in [0.2, 0.25) is 0 Å². The van der Waals surface area contributed by atoms with Crippen molar-refractivity contribution in [3.63, 3.8) is 0 Å². The van der Waals surface area contributed by atoms with Crippen LogP contribution in [0.3, 0.4) is 0 Å². The Morgan fingerprint density at radius 1 is 1.23 bits per heavy atom. The molecule has 0 spiro atoms. The van der Waals surface area contributed by atoms with E-state index in [0.717, 1.165) is 43.6 Å². The molecule has 1 unspecified atom stereocenters. The Morgan fingerprint density at radius 3 is 3.00 bits per heavy atom. The smallest absolute Gasteiger partial charge is 0.191 e. The van der Waals surface area contributed by atoms with Crippen LogP contribution in [0.5, 0.6) is 0 Å². The molecule has 1 saturated heterocycles. The molecule has 0 aromatic carbocycles. The molecule has 0 radical (unpaired) electrons. The summed E-state index contributed by atoms with van der Waals surface area (Å²) in [5.74, 6) is 2.33. The van der Waals surface area contributed by atoms with Gasteiger partial charge in [-0.2, -0.15) is 0 Å². The molecular formula is C21H30IN7S. The van der Waals surface area contributed by atoms with Gasteiger partial charge in [-0.25, -0.2) is 4.99 Å². The predicted molar refractivity (Wildman–Crippen MR) is 134 cm³/mol. The number of nitrogens with one attached hydrogen (secondary N) is 2. The van der Waals surface area contributed by atoms with Gasteiger partial charge in [-0.15, -0.1) is 45.5 Å². The highest BCUT2D eigenvalue weighted by molar-refractivity contribution is 14.0. The normalized spacial score (nSPS) is 17.6.